The molecule has 0 N–H and O–H groups in total. The van der Waals surface area contributed by atoms with Gasteiger partial charge in [-0.2, -0.15) is 0 Å². The largest absolute Gasteiger partial charge is 0.486 e. The summed E-state index contributed by atoms with van der Waals surface area (Å²) in [5.41, 5.74) is 3.82. The number of ether oxygens (including phenoxy) is 1. The van der Waals surface area contributed by atoms with E-state index in [0.717, 1.165) is 22.4 Å². The molecule has 6 rings (SSSR count). The monoisotopic (exact) mass is 648 g/mol. The third-order valence-electron chi connectivity index (χ3n) is 9.72. The lowest BCUT2D eigenvalue weighted by Crippen LogP contribution is -2.43. The Hall–Kier alpha value is -4.59. The highest BCUT2D eigenvalue weighted by Gasteiger charge is 2.43. The first-order valence-corrected chi connectivity index (χ1v) is 18.5. The van der Waals surface area contributed by atoms with Gasteiger partial charge in [0.15, 0.2) is 5.84 Å². The molecule has 0 aromatic heterocycles. The SMILES string of the molecule is C=CC(Oc1ccc(C/N=C(\N=C\c2ccccc2)c2ccccc2)cc1)[C@H](C)[C@@H](C)[C@@H]1CC[C@@H]1P(c1ccccc1)c1ccccc1. The standard InChI is InChI=1S/C44H45N2OP/c1-4-42(34(3)33(2)41-29-30-43(41)48(39-21-13-7-14-22-39)40-23-15-8-16-24-40)47-38-27-25-36(26-28-38)32-46-44(37-19-11-6-12-20-37)45-31-35-17-9-5-10-18-35/h4-28,31,33-34,41-43H,1,29-30,32H2,2-3H3/b45-31+,46-44-/t33-,34-,41+,42?,43+/m1/s1. The minimum atomic E-state index is -0.421. The number of aliphatic imine (C=N–C) groups is 2. The van der Waals surface area contributed by atoms with Crippen LogP contribution in [0.1, 0.15) is 43.4 Å². The Morgan fingerprint density at radius 3 is 1.85 bits per heavy atom. The van der Waals surface area contributed by atoms with Gasteiger partial charge in [-0.3, -0.25) is 4.99 Å². The molecule has 3 nitrogen and oxygen atoms in total. The molecule has 48 heavy (non-hydrogen) atoms. The van der Waals surface area contributed by atoms with Gasteiger partial charge in [0.1, 0.15) is 11.9 Å². The molecule has 1 aliphatic carbocycles. The van der Waals surface area contributed by atoms with E-state index in [0.29, 0.717) is 35.8 Å². The van der Waals surface area contributed by atoms with Gasteiger partial charge in [-0.15, -0.1) is 0 Å². The first-order valence-electron chi connectivity index (χ1n) is 17.1. The summed E-state index contributed by atoms with van der Waals surface area (Å²) in [6.07, 6.45) is 6.35. The molecule has 5 atom stereocenters. The molecule has 0 aliphatic heterocycles. The zero-order chi connectivity index (χ0) is 33.1. The summed E-state index contributed by atoms with van der Waals surface area (Å²) in [5, 5.41) is 2.96. The highest BCUT2D eigenvalue weighted by molar-refractivity contribution is 7.73. The Bertz CT molecular complexity index is 1730. The summed E-state index contributed by atoms with van der Waals surface area (Å²) < 4.78 is 6.60. The molecule has 0 saturated heterocycles. The minimum absolute atomic E-state index is 0.0678. The van der Waals surface area contributed by atoms with E-state index in [1.54, 1.807) is 0 Å². The molecular weight excluding hydrogens is 603 g/mol. The Morgan fingerprint density at radius 1 is 0.750 bits per heavy atom. The smallest absolute Gasteiger partial charge is 0.154 e. The van der Waals surface area contributed by atoms with Gasteiger partial charge in [0, 0.05) is 11.8 Å². The predicted octanol–water partition coefficient (Wildman–Crippen LogP) is 9.87. The molecular formula is C44H45N2OP. The van der Waals surface area contributed by atoms with E-state index in [-0.39, 0.29) is 6.10 Å². The maximum absolute atomic E-state index is 6.60. The second-order valence-electron chi connectivity index (χ2n) is 12.7. The van der Waals surface area contributed by atoms with Crippen molar-refractivity contribution in [3.63, 3.8) is 0 Å². The fourth-order valence-corrected chi connectivity index (χ4v) is 9.94. The number of hydrogen-bond donors (Lipinski definition) is 0. The van der Waals surface area contributed by atoms with Crippen molar-refractivity contribution in [2.75, 3.05) is 0 Å². The molecule has 1 aliphatic rings. The summed E-state index contributed by atoms with van der Waals surface area (Å²) in [5.74, 6) is 3.07. The van der Waals surface area contributed by atoms with Crippen LogP contribution in [-0.4, -0.2) is 23.8 Å². The lowest BCUT2D eigenvalue weighted by Gasteiger charge is -2.48. The van der Waals surface area contributed by atoms with E-state index < -0.39 is 7.92 Å². The minimum Gasteiger partial charge on any atom is -0.486 e. The van der Waals surface area contributed by atoms with Crippen molar-refractivity contribution in [1.82, 2.24) is 0 Å². The van der Waals surface area contributed by atoms with Gasteiger partial charge in [-0.05, 0) is 78.0 Å². The maximum atomic E-state index is 6.60. The van der Waals surface area contributed by atoms with E-state index in [1.807, 2.05) is 73.0 Å². The van der Waals surface area contributed by atoms with Crippen LogP contribution >= 0.6 is 7.92 Å². The molecule has 242 valence electrons. The van der Waals surface area contributed by atoms with E-state index in [4.69, 9.17) is 14.7 Å². The molecule has 0 amide bonds. The van der Waals surface area contributed by atoms with Crippen molar-refractivity contribution in [2.24, 2.45) is 27.7 Å². The molecule has 1 fully saturated rings. The lowest BCUT2D eigenvalue weighted by molar-refractivity contribution is 0.0943. The molecule has 0 bridgehead atoms. The van der Waals surface area contributed by atoms with E-state index >= 15 is 0 Å². The summed E-state index contributed by atoms with van der Waals surface area (Å²) in [6.45, 7) is 9.49. The molecule has 5 aromatic rings. The van der Waals surface area contributed by atoms with Crippen LogP contribution in [0.5, 0.6) is 5.75 Å². The zero-order valence-corrected chi connectivity index (χ0v) is 28.9. The van der Waals surface area contributed by atoms with Gasteiger partial charge in [0.25, 0.3) is 0 Å². The van der Waals surface area contributed by atoms with Crippen LogP contribution in [0.25, 0.3) is 0 Å². The number of benzene rings is 5. The topological polar surface area (TPSA) is 34.0 Å². The average Bonchev–Trinajstić information content (AvgIpc) is 3.14. The third-order valence-corrected chi connectivity index (χ3v) is 12.7. The number of hydrogen-bond acceptors (Lipinski definition) is 2. The van der Waals surface area contributed by atoms with Crippen LogP contribution in [0.15, 0.2) is 168 Å². The van der Waals surface area contributed by atoms with Gasteiger partial charge in [-0.25, -0.2) is 4.99 Å². The Balaban J connectivity index is 1.12. The fraction of sp³-hybridized carbons (Fsp3) is 0.227. The van der Waals surface area contributed by atoms with Gasteiger partial charge in [0.2, 0.25) is 0 Å². The quantitative estimate of drug-likeness (QED) is 0.0542. The lowest BCUT2D eigenvalue weighted by atomic mass is 9.70. The zero-order valence-electron chi connectivity index (χ0n) is 28.0. The molecule has 1 unspecified atom stereocenters. The number of nitrogens with zero attached hydrogens (tertiary/aromatic N) is 2. The molecule has 0 spiro atoms. The van der Waals surface area contributed by atoms with E-state index in [9.17, 15) is 0 Å². The highest BCUT2D eigenvalue weighted by atomic mass is 31.1. The molecule has 4 heteroatoms. The second-order valence-corrected chi connectivity index (χ2v) is 15.1. The van der Waals surface area contributed by atoms with Crippen LogP contribution in [-0.2, 0) is 6.54 Å². The second kappa shape index (κ2) is 16.5. The van der Waals surface area contributed by atoms with E-state index in [2.05, 4.69) is 105 Å². The van der Waals surface area contributed by atoms with Crippen LogP contribution in [0, 0.1) is 17.8 Å². The highest BCUT2D eigenvalue weighted by Crippen LogP contribution is 2.55. The summed E-state index contributed by atoms with van der Waals surface area (Å²) >= 11 is 0. The summed E-state index contributed by atoms with van der Waals surface area (Å²) in [6, 6.07) is 50.9. The van der Waals surface area contributed by atoms with Crippen LogP contribution in [0.3, 0.4) is 0 Å². The Kier molecular flexibility index (Phi) is 11.4. The predicted molar refractivity (Wildman–Crippen MR) is 206 cm³/mol. The summed E-state index contributed by atoms with van der Waals surface area (Å²) in [4.78, 5) is 9.65. The van der Waals surface area contributed by atoms with E-state index in [1.165, 1.54) is 23.5 Å². The van der Waals surface area contributed by atoms with Gasteiger partial charge in [0.05, 0.1) is 6.54 Å². The average molecular weight is 649 g/mol. The first kappa shape index (κ1) is 33.3. The fourth-order valence-electron chi connectivity index (χ4n) is 6.68. The molecule has 0 radical (unpaired) electrons. The normalized spacial score (nSPS) is 18.2. The van der Waals surface area contributed by atoms with Crippen molar-refractivity contribution in [1.29, 1.82) is 0 Å². The van der Waals surface area contributed by atoms with Gasteiger partial charge >= 0.3 is 0 Å². The molecule has 5 aromatic carbocycles. The van der Waals surface area contributed by atoms with Crippen molar-refractivity contribution < 1.29 is 4.74 Å². The molecule has 1 saturated carbocycles. The van der Waals surface area contributed by atoms with Crippen molar-refractivity contribution >= 4 is 30.6 Å². The maximum Gasteiger partial charge on any atom is 0.154 e. The Morgan fingerprint density at radius 2 is 1.31 bits per heavy atom. The first-order chi connectivity index (χ1) is 23.6. The van der Waals surface area contributed by atoms with Crippen molar-refractivity contribution in [3.05, 3.63) is 175 Å². The van der Waals surface area contributed by atoms with Gasteiger partial charge < -0.3 is 4.74 Å². The van der Waals surface area contributed by atoms with Crippen LogP contribution < -0.4 is 15.3 Å². The Labute approximate surface area is 287 Å². The van der Waals surface area contributed by atoms with Crippen molar-refractivity contribution in [3.8, 4) is 5.75 Å². The third kappa shape index (κ3) is 8.27. The summed E-state index contributed by atoms with van der Waals surface area (Å²) in [7, 11) is -0.421. The number of rotatable bonds is 13. The van der Waals surface area contributed by atoms with Crippen LogP contribution in [0.4, 0.5) is 0 Å². The van der Waals surface area contributed by atoms with Gasteiger partial charge in [-0.1, -0.05) is 160 Å². The van der Waals surface area contributed by atoms with Crippen molar-refractivity contribution in [2.45, 2.75) is 45.0 Å². The van der Waals surface area contributed by atoms with Crippen LogP contribution in [0.2, 0.25) is 0 Å². The molecule has 0 heterocycles. The number of amidine groups is 1.